The Morgan fingerprint density at radius 2 is 2.35 bits per heavy atom. The molecule has 0 aromatic heterocycles. The van der Waals surface area contributed by atoms with Crippen molar-refractivity contribution in [3.8, 4) is 5.75 Å². The number of nitrogens with two attached hydrogens (primary N) is 1. The van der Waals surface area contributed by atoms with Crippen molar-refractivity contribution in [2.24, 2.45) is 11.7 Å². The molecule has 3 N–H and O–H groups in total. The van der Waals surface area contributed by atoms with E-state index in [1.54, 1.807) is 6.07 Å². The van der Waals surface area contributed by atoms with E-state index in [1.165, 1.54) is 12.1 Å². The SMILES string of the molecule is NC1=C[C@H](CCOc2ccc(F)c(Cl)c2)CN1. The molecule has 1 atom stereocenters. The maximum Gasteiger partial charge on any atom is 0.142 e. The van der Waals surface area contributed by atoms with Gasteiger partial charge in [0.2, 0.25) is 0 Å². The molecule has 3 nitrogen and oxygen atoms in total. The van der Waals surface area contributed by atoms with E-state index in [9.17, 15) is 4.39 Å². The summed E-state index contributed by atoms with van der Waals surface area (Å²) in [7, 11) is 0. The van der Waals surface area contributed by atoms with Gasteiger partial charge >= 0.3 is 0 Å². The van der Waals surface area contributed by atoms with Crippen LogP contribution in [0.3, 0.4) is 0 Å². The summed E-state index contributed by atoms with van der Waals surface area (Å²) in [4.78, 5) is 0. The van der Waals surface area contributed by atoms with E-state index in [1.807, 2.05) is 6.08 Å². The van der Waals surface area contributed by atoms with Crippen LogP contribution < -0.4 is 15.8 Å². The largest absolute Gasteiger partial charge is 0.494 e. The molecule has 1 aromatic rings. The van der Waals surface area contributed by atoms with Gasteiger partial charge in [0.1, 0.15) is 11.6 Å². The summed E-state index contributed by atoms with van der Waals surface area (Å²) in [6.45, 7) is 1.40. The number of hydrogen-bond acceptors (Lipinski definition) is 3. The third-order valence-electron chi connectivity index (χ3n) is 2.63. The molecule has 0 spiro atoms. The van der Waals surface area contributed by atoms with Gasteiger partial charge in [-0.3, -0.25) is 0 Å². The molecule has 0 saturated heterocycles. The molecule has 17 heavy (non-hydrogen) atoms. The fourth-order valence-electron chi connectivity index (χ4n) is 1.70. The van der Waals surface area contributed by atoms with Gasteiger partial charge in [-0.05, 0) is 24.6 Å². The minimum atomic E-state index is -0.435. The maximum absolute atomic E-state index is 12.9. The Bertz CT molecular complexity index is 437. The average Bonchev–Trinajstić information content (AvgIpc) is 2.70. The fourth-order valence-corrected chi connectivity index (χ4v) is 1.87. The number of ether oxygens (including phenoxy) is 1. The van der Waals surface area contributed by atoms with Gasteiger partial charge in [0.15, 0.2) is 0 Å². The average molecular weight is 257 g/mol. The van der Waals surface area contributed by atoms with Gasteiger partial charge in [-0.25, -0.2) is 4.39 Å². The Kier molecular flexibility index (Phi) is 3.74. The molecule has 1 aliphatic heterocycles. The molecule has 0 saturated carbocycles. The first kappa shape index (κ1) is 12.0. The van der Waals surface area contributed by atoms with Gasteiger partial charge in [0.05, 0.1) is 17.5 Å². The van der Waals surface area contributed by atoms with Crippen LogP contribution in [0.1, 0.15) is 6.42 Å². The van der Waals surface area contributed by atoms with Gasteiger partial charge in [0, 0.05) is 18.5 Å². The van der Waals surface area contributed by atoms with Crippen molar-refractivity contribution >= 4 is 11.6 Å². The Morgan fingerprint density at radius 1 is 1.53 bits per heavy atom. The topological polar surface area (TPSA) is 47.3 Å². The third kappa shape index (κ3) is 3.27. The predicted molar refractivity (Wildman–Crippen MR) is 65.3 cm³/mol. The zero-order valence-corrected chi connectivity index (χ0v) is 10.0. The standard InChI is InChI=1S/C12H14ClFN2O/c13-10-6-9(1-2-11(10)14)17-4-3-8-5-12(15)16-7-8/h1-2,5-6,8,16H,3-4,7,15H2/t8-/m0/s1. The molecule has 2 rings (SSSR count). The number of halogens is 2. The lowest BCUT2D eigenvalue weighted by Crippen LogP contribution is -2.17. The van der Waals surface area contributed by atoms with Crippen molar-refractivity contribution in [2.75, 3.05) is 13.2 Å². The van der Waals surface area contributed by atoms with E-state index in [2.05, 4.69) is 5.32 Å². The Labute approximate surface area is 104 Å². The van der Waals surface area contributed by atoms with Gasteiger partial charge in [0.25, 0.3) is 0 Å². The highest BCUT2D eigenvalue weighted by Gasteiger charge is 2.12. The first-order chi connectivity index (χ1) is 8.15. The normalized spacial score (nSPS) is 18.7. The van der Waals surface area contributed by atoms with Crippen molar-refractivity contribution in [1.82, 2.24) is 5.32 Å². The number of benzene rings is 1. The van der Waals surface area contributed by atoms with Gasteiger partial charge in [-0.2, -0.15) is 0 Å². The van der Waals surface area contributed by atoms with E-state index < -0.39 is 5.82 Å². The molecule has 0 amide bonds. The monoisotopic (exact) mass is 256 g/mol. The van der Waals surface area contributed by atoms with Crippen molar-refractivity contribution in [3.05, 3.63) is 40.9 Å². The second-order valence-corrected chi connectivity index (χ2v) is 4.38. The summed E-state index contributed by atoms with van der Waals surface area (Å²) >= 11 is 5.65. The van der Waals surface area contributed by atoms with Crippen LogP contribution in [-0.4, -0.2) is 13.2 Å². The number of rotatable bonds is 4. The van der Waals surface area contributed by atoms with E-state index in [-0.39, 0.29) is 5.02 Å². The van der Waals surface area contributed by atoms with Crippen LogP contribution in [0.4, 0.5) is 4.39 Å². The molecule has 92 valence electrons. The second-order valence-electron chi connectivity index (χ2n) is 3.98. The summed E-state index contributed by atoms with van der Waals surface area (Å²) in [6.07, 6.45) is 2.85. The minimum absolute atomic E-state index is 0.0779. The Hall–Kier alpha value is -1.42. The summed E-state index contributed by atoms with van der Waals surface area (Å²) in [5, 5.41) is 3.13. The Morgan fingerprint density at radius 3 is 3.00 bits per heavy atom. The molecule has 1 heterocycles. The van der Waals surface area contributed by atoms with Gasteiger partial charge in [-0.1, -0.05) is 11.6 Å². The molecular formula is C12H14ClFN2O. The molecule has 1 aliphatic rings. The second kappa shape index (κ2) is 5.27. The highest BCUT2D eigenvalue weighted by atomic mass is 35.5. The zero-order valence-electron chi connectivity index (χ0n) is 9.25. The smallest absolute Gasteiger partial charge is 0.142 e. The molecule has 0 fully saturated rings. The van der Waals surface area contributed by atoms with Crippen molar-refractivity contribution in [2.45, 2.75) is 6.42 Å². The highest BCUT2D eigenvalue weighted by Crippen LogP contribution is 2.21. The van der Waals surface area contributed by atoms with Gasteiger partial charge in [-0.15, -0.1) is 0 Å². The van der Waals surface area contributed by atoms with Crippen LogP contribution >= 0.6 is 11.6 Å². The number of nitrogens with one attached hydrogen (secondary N) is 1. The molecule has 5 heteroatoms. The van der Waals surface area contributed by atoms with Crippen LogP contribution in [0, 0.1) is 11.7 Å². The van der Waals surface area contributed by atoms with E-state index >= 15 is 0 Å². The molecule has 0 unspecified atom stereocenters. The lowest BCUT2D eigenvalue weighted by molar-refractivity contribution is 0.293. The van der Waals surface area contributed by atoms with Crippen LogP contribution in [0.15, 0.2) is 30.1 Å². The number of hydrogen-bond donors (Lipinski definition) is 2. The van der Waals surface area contributed by atoms with Crippen LogP contribution in [-0.2, 0) is 0 Å². The summed E-state index contributed by atoms with van der Waals surface area (Å²) < 4.78 is 18.4. The molecule has 0 bridgehead atoms. The van der Waals surface area contributed by atoms with E-state index in [4.69, 9.17) is 22.1 Å². The zero-order chi connectivity index (χ0) is 12.3. The van der Waals surface area contributed by atoms with Crippen molar-refractivity contribution < 1.29 is 9.13 Å². The lowest BCUT2D eigenvalue weighted by atomic mass is 10.1. The molecular weight excluding hydrogens is 243 g/mol. The molecule has 0 radical (unpaired) electrons. The molecule has 0 aliphatic carbocycles. The van der Waals surface area contributed by atoms with E-state index in [0.29, 0.717) is 18.3 Å². The summed E-state index contributed by atoms with van der Waals surface area (Å²) in [6, 6.07) is 4.35. The van der Waals surface area contributed by atoms with Crippen molar-refractivity contribution in [1.29, 1.82) is 0 Å². The summed E-state index contributed by atoms with van der Waals surface area (Å²) in [5.74, 6) is 1.26. The first-order valence-corrected chi connectivity index (χ1v) is 5.82. The fraction of sp³-hybridized carbons (Fsp3) is 0.333. The van der Waals surface area contributed by atoms with Crippen molar-refractivity contribution in [3.63, 3.8) is 0 Å². The lowest BCUT2D eigenvalue weighted by Gasteiger charge is -2.09. The quantitative estimate of drug-likeness (QED) is 0.869. The van der Waals surface area contributed by atoms with Gasteiger partial charge < -0.3 is 15.8 Å². The predicted octanol–water partition coefficient (Wildman–Crippen LogP) is 2.27. The van der Waals surface area contributed by atoms with Crippen LogP contribution in [0.25, 0.3) is 0 Å². The Balaban J connectivity index is 1.80. The first-order valence-electron chi connectivity index (χ1n) is 5.44. The maximum atomic E-state index is 12.9. The van der Waals surface area contributed by atoms with Crippen LogP contribution in [0.5, 0.6) is 5.75 Å². The highest BCUT2D eigenvalue weighted by molar-refractivity contribution is 6.30. The van der Waals surface area contributed by atoms with E-state index in [0.717, 1.165) is 18.8 Å². The summed E-state index contributed by atoms with van der Waals surface area (Å²) in [5.41, 5.74) is 5.59. The minimum Gasteiger partial charge on any atom is -0.494 e. The molecule has 1 aromatic carbocycles. The van der Waals surface area contributed by atoms with Crippen LogP contribution in [0.2, 0.25) is 5.02 Å². The third-order valence-corrected chi connectivity index (χ3v) is 2.92.